The number of carbonyl (C=O) groups excluding carboxylic acids is 2. The Bertz CT molecular complexity index is 874. The number of thiophene rings is 1. The topological polar surface area (TPSA) is 88.3 Å². The second-order valence-corrected chi connectivity index (χ2v) is 9.72. The molecule has 0 bridgehead atoms. The van der Waals surface area contributed by atoms with Crippen molar-refractivity contribution in [2.75, 3.05) is 19.3 Å². The third-order valence-electron chi connectivity index (χ3n) is 5.01. The lowest BCUT2D eigenvalue weighted by Crippen LogP contribution is -2.39. The molecule has 4 rings (SSSR count). The van der Waals surface area contributed by atoms with Gasteiger partial charge in [0.15, 0.2) is 0 Å². The maximum Gasteiger partial charge on any atom is 0.277 e. The van der Waals surface area contributed by atoms with Crippen LogP contribution in [0, 0.1) is 5.92 Å². The Balaban J connectivity index is 1.30. The van der Waals surface area contributed by atoms with Crippen LogP contribution in [-0.4, -0.2) is 52.3 Å². The summed E-state index contributed by atoms with van der Waals surface area (Å²) in [5, 5.41) is 11.5. The molecule has 2 aliphatic carbocycles. The minimum atomic E-state index is -0.142. The molecule has 1 saturated carbocycles. The highest BCUT2D eigenvalue weighted by atomic mass is 32.2. The lowest BCUT2D eigenvalue weighted by atomic mass is 9.90. The molecular formula is C19H24N4O3S2. The van der Waals surface area contributed by atoms with Crippen LogP contribution < -0.4 is 5.32 Å². The zero-order chi connectivity index (χ0) is 19.7. The molecule has 2 aromatic heterocycles. The SMILES string of the molecule is C[C@H]1CCc2sc(-c3nnc(SCC(=O)N(C)CC(=O)NC4CC4)o3)cc2C1. The molecule has 1 N–H and O–H groups in total. The summed E-state index contributed by atoms with van der Waals surface area (Å²) in [6, 6.07) is 2.46. The largest absolute Gasteiger partial charge is 0.410 e. The van der Waals surface area contributed by atoms with Crippen LogP contribution in [0.5, 0.6) is 0 Å². The van der Waals surface area contributed by atoms with E-state index in [-0.39, 0.29) is 24.1 Å². The molecule has 1 atom stereocenters. The number of rotatable bonds is 7. The van der Waals surface area contributed by atoms with E-state index < -0.39 is 0 Å². The molecule has 9 heteroatoms. The fraction of sp³-hybridized carbons (Fsp3) is 0.579. The predicted molar refractivity (Wildman–Crippen MR) is 108 cm³/mol. The van der Waals surface area contributed by atoms with E-state index in [2.05, 4.69) is 28.5 Å². The third-order valence-corrected chi connectivity index (χ3v) is 7.04. The van der Waals surface area contributed by atoms with Crippen molar-refractivity contribution < 1.29 is 14.0 Å². The number of nitrogens with one attached hydrogen (secondary N) is 1. The standard InChI is InChI=1S/C19H24N4O3S2/c1-11-3-6-14-12(7-11)8-15(28-14)18-21-22-19(26-18)27-10-17(25)23(2)9-16(24)20-13-4-5-13/h8,11,13H,3-7,9-10H2,1-2H3,(H,20,24)/t11-/m0/s1. The Morgan fingerprint density at radius 1 is 1.36 bits per heavy atom. The van der Waals surface area contributed by atoms with E-state index in [4.69, 9.17) is 4.42 Å². The minimum absolute atomic E-state index is 0.0736. The third kappa shape index (κ3) is 4.75. The number of hydrogen-bond donors (Lipinski definition) is 1. The normalized spacial score (nSPS) is 18.6. The van der Waals surface area contributed by atoms with Crippen molar-refractivity contribution in [2.45, 2.75) is 50.3 Å². The van der Waals surface area contributed by atoms with Gasteiger partial charge in [-0.3, -0.25) is 9.59 Å². The number of nitrogens with zero attached hydrogens (tertiary/aromatic N) is 3. The van der Waals surface area contributed by atoms with Crippen molar-refractivity contribution in [3.8, 4) is 10.8 Å². The van der Waals surface area contributed by atoms with Gasteiger partial charge in [-0.05, 0) is 49.7 Å². The van der Waals surface area contributed by atoms with E-state index >= 15 is 0 Å². The number of likely N-dealkylation sites (N-methyl/N-ethyl adjacent to an activating group) is 1. The molecule has 0 saturated heterocycles. The first kappa shape index (κ1) is 19.4. The summed E-state index contributed by atoms with van der Waals surface area (Å²) in [7, 11) is 1.63. The van der Waals surface area contributed by atoms with Crippen LogP contribution >= 0.6 is 23.1 Å². The second kappa shape index (κ2) is 8.24. The van der Waals surface area contributed by atoms with Crippen LogP contribution in [0.15, 0.2) is 15.7 Å². The van der Waals surface area contributed by atoms with Crippen LogP contribution in [0.3, 0.4) is 0 Å². The van der Waals surface area contributed by atoms with Gasteiger partial charge in [0.25, 0.3) is 11.1 Å². The highest BCUT2D eigenvalue weighted by Gasteiger charge is 2.25. The van der Waals surface area contributed by atoms with E-state index in [1.165, 1.54) is 33.5 Å². The molecular weight excluding hydrogens is 396 g/mol. The van der Waals surface area contributed by atoms with Gasteiger partial charge in [-0.25, -0.2) is 0 Å². The molecule has 0 aromatic carbocycles. The van der Waals surface area contributed by atoms with Gasteiger partial charge in [-0.15, -0.1) is 21.5 Å². The van der Waals surface area contributed by atoms with Gasteiger partial charge in [-0.1, -0.05) is 18.7 Å². The van der Waals surface area contributed by atoms with Crippen molar-refractivity contribution >= 4 is 34.9 Å². The summed E-state index contributed by atoms with van der Waals surface area (Å²) in [6.07, 6.45) is 5.52. The van der Waals surface area contributed by atoms with Crippen molar-refractivity contribution in [3.05, 3.63) is 16.5 Å². The number of amides is 2. The molecule has 0 radical (unpaired) electrons. The monoisotopic (exact) mass is 420 g/mol. The van der Waals surface area contributed by atoms with Crippen LogP contribution in [0.1, 0.15) is 36.6 Å². The molecule has 1 fully saturated rings. The first-order valence-corrected chi connectivity index (χ1v) is 11.4. The number of aryl methyl sites for hydroxylation is 1. The van der Waals surface area contributed by atoms with Gasteiger partial charge in [0.05, 0.1) is 17.2 Å². The van der Waals surface area contributed by atoms with E-state index in [0.29, 0.717) is 17.2 Å². The van der Waals surface area contributed by atoms with Crippen molar-refractivity contribution in [1.29, 1.82) is 0 Å². The van der Waals surface area contributed by atoms with Gasteiger partial charge in [0, 0.05) is 18.0 Å². The quantitative estimate of drug-likeness (QED) is 0.693. The molecule has 150 valence electrons. The number of fused-ring (bicyclic) bond motifs is 1. The zero-order valence-corrected chi connectivity index (χ0v) is 17.7. The smallest absolute Gasteiger partial charge is 0.277 e. The molecule has 2 aromatic rings. The number of carbonyl (C=O) groups is 2. The average molecular weight is 421 g/mol. The number of aromatic nitrogens is 2. The van der Waals surface area contributed by atoms with E-state index in [0.717, 1.165) is 36.5 Å². The molecule has 0 unspecified atom stereocenters. The van der Waals surface area contributed by atoms with E-state index in [1.807, 2.05) is 0 Å². The molecule has 7 nitrogen and oxygen atoms in total. The first-order chi connectivity index (χ1) is 13.5. The maximum absolute atomic E-state index is 12.2. The summed E-state index contributed by atoms with van der Waals surface area (Å²) < 4.78 is 5.75. The fourth-order valence-corrected chi connectivity index (χ4v) is 5.05. The first-order valence-electron chi connectivity index (χ1n) is 9.59. The lowest BCUT2D eigenvalue weighted by molar-refractivity contribution is -0.132. The van der Waals surface area contributed by atoms with Crippen molar-refractivity contribution in [3.63, 3.8) is 0 Å². The molecule has 2 aliphatic rings. The van der Waals surface area contributed by atoms with E-state index in [9.17, 15) is 9.59 Å². The Morgan fingerprint density at radius 3 is 2.96 bits per heavy atom. The molecule has 0 aliphatic heterocycles. The van der Waals surface area contributed by atoms with Crippen molar-refractivity contribution in [2.24, 2.45) is 5.92 Å². The molecule has 2 amide bonds. The van der Waals surface area contributed by atoms with Crippen LogP contribution in [0.25, 0.3) is 10.8 Å². The zero-order valence-electron chi connectivity index (χ0n) is 16.1. The van der Waals surface area contributed by atoms with Gasteiger partial charge in [0.1, 0.15) is 0 Å². The fourth-order valence-electron chi connectivity index (χ4n) is 3.22. The highest BCUT2D eigenvalue weighted by Crippen LogP contribution is 2.37. The average Bonchev–Trinajstić information content (AvgIpc) is 3.18. The predicted octanol–water partition coefficient (Wildman–Crippen LogP) is 2.75. The minimum Gasteiger partial charge on any atom is -0.410 e. The summed E-state index contributed by atoms with van der Waals surface area (Å²) >= 11 is 2.93. The van der Waals surface area contributed by atoms with E-state index in [1.54, 1.807) is 18.4 Å². The number of thioether (sulfide) groups is 1. The molecule has 0 spiro atoms. The summed E-state index contributed by atoms with van der Waals surface area (Å²) in [5.74, 6) is 1.14. The van der Waals surface area contributed by atoms with Gasteiger partial charge in [0.2, 0.25) is 11.8 Å². The molecule has 28 heavy (non-hydrogen) atoms. The Kier molecular flexibility index (Phi) is 5.73. The molecule has 2 heterocycles. The lowest BCUT2D eigenvalue weighted by Gasteiger charge is -2.16. The van der Waals surface area contributed by atoms with Gasteiger partial charge >= 0.3 is 0 Å². The van der Waals surface area contributed by atoms with Gasteiger partial charge < -0.3 is 14.6 Å². The van der Waals surface area contributed by atoms with Crippen molar-refractivity contribution in [1.82, 2.24) is 20.4 Å². The second-order valence-electron chi connectivity index (χ2n) is 7.66. The summed E-state index contributed by atoms with van der Waals surface area (Å²) in [6.45, 7) is 2.36. The Labute approximate surface area is 172 Å². The Morgan fingerprint density at radius 2 is 2.18 bits per heavy atom. The van der Waals surface area contributed by atoms with Crippen LogP contribution in [-0.2, 0) is 22.4 Å². The summed E-state index contributed by atoms with van der Waals surface area (Å²) in [4.78, 5) is 27.9. The number of hydrogen-bond acceptors (Lipinski definition) is 7. The van der Waals surface area contributed by atoms with Crippen LogP contribution in [0.2, 0.25) is 0 Å². The highest BCUT2D eigenvalue weighted by molar-refractivity contribution is 7.99. The van der Waals surface area contributed by atoms with Crippen LogP contribution in [0.4, 0.5) is 0 Å². The maximum atomic E-state index is 12.2. The Hall–Kier alpha value is -1.87. The summed E-state index contributed by atoms with van der Waals surface area (Å²) in [5.41, 5.74) is 1.40. The van der Waals surface area contributed by atoms with Gasteiger partial charge in [-0.2, -0.15) is 0 Å².